The lowest BCUT2D eigenvalue weighted by atomic mass is 9.97. The van der Waals surface area contributed by atoms with Gasteiger partial charge in [0, 0.05) is 6.54 Å². The number of benzene rings is 3. The van der Waals surface area contributed by atoms with Crippen LogP contribution in [0.15, 0.2) is 97.1 Å². The fourth-order valence-electron chi connectivity index (χ4n) is 2.91. The highest BCUT2D eigenvalue weighted by Gasteiger charge is 2.09. The van der Waals surface area contributed by atoms with Crippen molar-refractivity contribution in [3.05, 3.63) is 114 Å². The van der Waals surface area contributed by atoms with Crippen molar-refractivity contribution in [3.8, 4) is 0 Å². The first-order chi connectivity index (χ1) is 12.4. The quantitative estimate of drug-likeness (QED) is 0.671. The average molecular weight is 329 g/mol. The first-order valence-electron chi connectivity index (χ1n) is 8.58. The first kappa shape index (κ1) is 17.2. The molecule has 3 aromatic carbocycles. The molecule has 2 N–H and O–H groups in total. The van der Waals surface area contributed by atoms with E-state index < -0.39 is 0 Å². The van der Waals surface area contributed by atoms with Gasteiger partial charge in [-0.05, 0) is 22.3 Å². The molecule has 0 unspecified atom stereocenters. The highest BCUT2D eigenvalue weighted by Crippen LogP contribution is 2.23. The topological polar surface area (TPSA) is 32.3 Å². The van der Waals surface area contributed by atoms with E-state index in [1.165, 1.54) is 16.7 Å². The summed E-state index contributed by atoms with van der Waals surface area (Å²) in [7, 11) is 0. The minimum absolute atomic E-state index is 0.0646. The molecule has 25 heavy (non-hydrogen) atoms. The largest absolute Gasteiger partial charge is 0.394 e. The normalized spacial score (nSPS) is 11.7. The van der Waals surface area contributed by atoms with E-state index in [1.807, 2.05) is 42.5 Å². The molecule has 0 saturated heterocycles. The van der Waals surface area contributed by atoms with Crippen LogP contribution in [-0.4, -0.2) is 18.3 Å². The van der Waals surface area contributed by atoms with Gasteiger partial charge >= 0.3 is 0 Å². The third-order valence-corrected chi connectivity index (χ3v) is 4.22. The lowest BCUT2D eigenvalue weighted by Crippen LogP contribution is -2.24. The number of nitrogens with one attached hydrogen (secondary N) is 1. The zero-order chi connectivity index (χ0) is 17.3. The van der Waals surface area contributed by atoms with Gasteiger partial charge in [0.05, 0.1) is 12.6 Å². The Kier molecular flexibility index (Phi) is 6.16. The summed E-state index contributed by atoms with van der Waals surface area (Å²) < 4.78 is 0. The molecule has 0 spiro atoms. The molecule has 0 fully saturated rings. The Morgan fingerprint density at radius 1 is 0.760 bits per heavy atom. The molecule has 0 radical (unpaired) electrons. The van der Waals surface area contributed by atoms with Crippen LogP contribution < -0.4 is 5.32 Å². The first-order valence-corrected chi connectivity index (χ1v) is 8.58. The summed E-state index contributed by atoms with van der Waals surface area (Å²) in [4.78, 5) is 0. The summed E-state index contributed by atoms with van der Waals surface area (Å²) in [6.45, 7) is 0.753. The maximum absolute atomic E-state index is 9.70. The molecule has 0 aliphatic carbocycles. The van der Waals surface area contributed by atoms with Gasteiger partial charge in [0.2, 0.25) is 0 Å². The van der Waals surface area contributed by atoms with Crippen LogP contribution >= 0.6 is 0 Å². The Labute approximate surface area is 149 Å². The van der Waals surface area contributed by atoms with Gasteiger partial charge < -0.3 is 10.4 Å². The van der Waals surface area contributed by atoms with E-state index in [0.717, 1.165) is 5.56 Å². The third kappa shape index (κ3) is 4.66. The molecule has 0 bridgehead atoms. The monoisotopic (exact) mass is 329 g/mol. The number of aliphatic hydroxyl groups excluding tert-OH is 1. The van der Waals surface area contributed by atoms with Gasteiger partial charge in [-0.3, -0.25) is 0 Å². The van der Waals surface area contributed by atoms with E-state index in [1.54, 1.807) is 0 Å². The summed E-state index contributed by atoms with van der Waals surface area (Å²) in [5, 5.41) is 13.1. The molecule has 0 saturated carbocycles. The Bertz CT molecular complexity index is 741. The van der Waals surface area contributed by atoms with Crippen LogP contribution in [0, 0.1) is 0 Å². The van der Waals surface area contributed by atoms with Crippen LogP contribution in [-0.2, 0) is 0 Å². The van der Waals surface area contributed by atoms with Gasteiger partial charge in [0.25, 0.3) is 0 Å². The Hall–Kier alpha value is -2.68. The highest BCUT2D eigenvalue weighted by molar-refractivity contribution is 5.79. The zero-order valence-corrected chi connectivity index (χ0v) is 14.2. The van der Waals surface area contributed by atoms with Crippen LogP contribution in [0.25, 0.3) is 5.57 Å². The van der Waals surface area contributed by atoms with Gasteiger partial charge in [-0.25, -0.2) is 0 Å². The number of rotatable bonds is 7. The highest BCUT2D eigenvalue weighted by atomic mass is 16.3. The standard InChI is InChI=1S/C23H23NO/c25-18-23(21-14-8-3-9-15-21)24-17-16-22(19-10-4-1-5-11-19)20-12-6-2-7-13-20/h1-16,23-25H,17-18H2/t23-/m1/s1. The molecule has 1 atom stereocenters. The second-order valence-corrected chi connectivity index (χ2v) is 5.90. The van der Waals surface area contributed by atoms with E-state index in [0.29, 0.717) is 6.54 Å². The molecule has 0 aliphatic rings. The van der Waals surface area contributed by atoms with Crippen LogP contribution in [0.5, 0.6) is 0 Å². The van der Waals surface area contributed by atoms with Crippen molar-refractivity contribution >= 4 is 5.57 Å². The smallest absolute Gasteiger partial charge is 0.0626 e. The second kappa shape index (κ2) is 8.97. The predicted octanol–water partition coefficient (Wildman–Crippen LogP) is 4.44. The van der Waals surface area contributed by atoms with Crippen molar-refractivity contribution in [3.63, 3.8) is 0 Å². The maximum atomic E-state index is 9.70. The fourth-order valence-corrected chi connectivity index (χ4v) is 2.91. The Balaban J connectivity index is 1.80. The van der Waals surface area contributed by atoms with Gasteiger partial charge in [0.15, 0.2) is 0 Å². The maximum Gasteiger partial charge on any atom is 0.0626 e. The van der Waals surface area contributed by atoms with Gasteiger partial charge in [-0.1, -0.05) is 97.1 Å². The van der Waals surface area contributed by atoms with Crippen molar-refractivity contribution < 1.29 is 5.11 Å². The van der Waals surface area contributed by atoms with Crippen molar-refractivity contribution in [2.24, 2.45) is 0 Å². The third-order valence-electron chi connectivity index (χ3n) is 4.22. The summed E-state index contributed by atoms with van der Waals surface area (Å²) in [5.74, 6) is 0. The number of aliphatic hydroxyl groups is 1. The van der Waals surface area contributed by atoms with Gasteiger partial charge in [-0.15, -0.1) is 0 Å². The van der Waals surface area contributed by atoms with Crippen LogP contribution in [0.1, 0.15) is 22.7 Å². The molecule has 3 aromatic rings. The van der Waals surface area contributed by atoms with Crippen molar-refractivity contribution in [1.82, 2.24) is 5.32 Å². The molecule has 2 nitrogen and oxygen atoms in total. The minimum atomic E-state index is -0.0646. The van der Waals surface area contributed by atoms with E-state index in [-0.39, 0.29) is 12.6 Å². The molecule has 126 valence electrons. The summed E-state index contributed by atoms with van der Waals surface area (Å²) in [6.07, 6.45) is 2.19. The SMILES string of the molecule is OC[C@@H](NCC=C(c1ccccc1)c1ccccc1)c1ccccc1. The minimum Gasteiger partial charge on any atom is -0.394 e. The molecule has 2 heteroatoms. The number of hydrogen-bond donors (Lipinski definition) is 2. The summed E-state index contributed by atoms with van der Waals surface area (Å²) >= 11 is 0. The number of hydrogen-bond acceptors (Lipinski definition) is 2. The molecular formula is C23H23NO. The average Bonchev–Trinajstić information content (AvgIpc) is 2.70. The van der Waals surface area contributed by atoms with Crippen molar-refractivity contribution in [1.29, 1.82) is 0 Å². The molecule has 3 rings (SSSR count). The molecule has 0 amide bonds. The van der Waals surface area contributed by atoms with Crippen LogP contribution in [0.3, 0.4) is 0 Å². The molecule has 0 aromatic heterocycles. The lowest BCUT2D eigenvalue weighted by Gasteiger charge is -2.16. The Morgan fingerprint density at radius 3 is 1.72 bits per heavy atom. The Morgan fingerprint density at radius 2 is 1.24 bits per heavy atom. The molecular weight excluding hydrogens is 306 g/mol. The van der Waals surface area contributed by atoms with E-state index in [9.17, 15) is 5.11 Å². The van der Waals surface area contributed by atoms with Crippen LogP contribution in [0.4, 0.5) is 0 Å². The van der Waals surface area contributed by atoms with E-state index >= 15 is 0 Å². The van der Waals surface area contributed by atoms with Gasteiger partial charge in [0.1, 0.15) is 0 Å². The van der Waals surface area contributed by atoms with Crippen molar-refractivity contribution in [2.75, 3.05) is 13.2 Å². The second-order valence-electron chi connectivity index (χ2n) is 5.90. The van der Waals surface area contributed by atoms with Crippen LogP contribution in [0.2, 0.25) is 0 Å². The zero-order valence-electron chi connectivity index (χ0n) is 14.2. The summed E-state index contributed by atoms with van der Waals surface area (Å²) in [5.41, 5.74) is 4.67. The van der Waals surface area contributed by atoms with Crippen molar-refractivity contribution in [2.45, 2.75) is 6.04 Å². The fraction of sp³-hybridized carbons (Fsp3) is 0.130. The van der Waals surface area contributed by atoms with E-state index in [2.05, 4.69) is 59.9 Å². The molecule has 0 heterocycles. The molecule has 0 aliphatic heterocycles. The van der Waals surface area contributed by atoms with Gasteiger partial charge in [-0.2, -0.15) is 0 Å². The lowest BCUT2D eigenvalue weighted by molar-refractivity contribution is 0.248. The predicted molar refractivity (Wildman–Crippen MR) is 104 cm³/mol. The summed E-state index contributed by atoms with van der Waals surface area (Å²) in [6, 6.07) is 30.8. The van der Waals surface area contributed by atoms with E-state index in [4.69, 9.17) is 0 Å².